The van der Waals surface area contributed by atoms with E-state index < -0.39 is 0 Å². The molecule has 0 aliphatic carbocycles. The van der Waals surface area contributed by atoms with Gasteiger partial charge in [-0.1, -0.05) is 20.8 Å². The molecule has 0 radical (unpaired) electrons. The molecule has 0 saturated heterocycles. The summed E-state index contributed by atoms with van der Waals surface area (Å²) in [6, 6.07) is 0. The Kier molecular flexibility index (Phi) is 3.11. The normalized spacial score (nSPS) is 13.3. The van der Waals surface area contributed by atoms with Crippen molar-refractivity contribution in [2.24, 2.45) is 0 Å². The molecule has 3 nitrogen and oxygen atoms in total. The average molecular weight is 321 g/mol. The van der Waals surface area contributed by atoms with Crippen LogP contribution >= 0.6 is 22.6 Å². The van der Waals surface area contributed by atoms with Crippen molar-refractivity contribution in [3.63, 3.8) is 0 Å². The van der Waals surface area contributed by atoms with Gasteiger partial charge in [0.15, 0.2) is 0 Å². The Balaban J connectivity index is 3.38. The highest BCUT2D eigenvalue weighted by atomic mass is 127. The maximum Gasteiger partial charge on any atom is 0.136 e. The van der Waals surface area contributed by atoms with Crippen LogP contribution in [-0.2, 0) is 11.0 Å². The fourth-order valence-electron chi connectivity index (χ4n) is 1.40. The van der Waals surface area contributed by atoms with Crippen LogP contribution in [0, 0.1) is 3.57 Å². The van der Waals surface area contributed by atoms with Crippen molar-refractivity contribution >= 4 is 28.4 Å². The molecule has 15 heavy (non-hydrogen) atoms. The Morgan fingerprint density at radius 3 is 1.80 bits per heavy atom. The average Bonchev–Trinajstić information content (AvgIpc) is 2.26. The quantitative estimate of drug-likeness (QED) is 0.746. The standard InChI is InChI=1S/C11H20IN3/c1-10(2,3)8-7(12)9(13)15(14-8)11(4,5)6/h13H2,1-6H3. The number of aromatic nitrogens is 2. The Labute approximate surface area is 106 Å². The second-order valence-electron chi connectivity index (χ2n) is 5.88. The lowest BCUT2D eigenvalue weighted by molar-refractivity contribution is 0.354. The Morgan fingerprint density at radius 2 is 1.60 bits per heavy atom. The summed E-state index contributed by atoms with van der Waals surface area (Å²) in [6.45, 7) is 12.8. The molecule has 0 aromatic carbocycles. The summed E-state index contributed by atoms with van der Waals surface area (Å²) in [5.74, 6) is 0.771. The zero-order valence-corrected chi connectivity index (χ0v) is 12.5. The van der Waals surface area contributed by atoms with E-state index in [1.807, 2.05) is 4.68 Å². The molecule has 1 heterocycles. The SMILES string of the molecule is CC(C)(C)c1nn(C(C)(C)C)c(N)c1I. The molecule has 1 rings (SSSR count). The van der Waals surface area contributed by atoms with Crippen molar-refractivity contribution in [1.82, 2.24) is 9.78 Å². The van der Waals surface area contributed by atoms with E-state index in [-0.39, 0.29) is 11.0 Å². The number of hydrogen-bond donors (Lipinski definition) is 1. The molecule has 0 saturated carbocycles. The first-order valence-electron chi connectivity index (χ1n) is 5.10. The lowest BCUT2D eigenvalue weighted by Gasteiger charge is -2.21. The van der Waals surface area contributed by atoms with Crippen LogP contribution in [-0.4, -0.2) is 9.78 Å². The summed E-state index contributed by atoms with van der Waals surface area (Å²) in [4.78, 5) is 0. The number of nitrogens with zero attached hydrogens (tertiary/aromatic N) is 2. The van der Waals surface area contributed by atoms with Crippen LogP contribution in [0.5, 0.6) is 0 Å². The second kappa shape index (κ2) is 3.64. The van der Waals surface area contributed by atoms with E-state index in [1.54, 1.807) is 0 Å². The zero-order chi connectivity index (χ0) is 12.0. The first-order chi connectivity index (χ1) is 6.55. The molecule has 4 heteroatoms. The van der Waals surface area contributed by atoms with Crippen LogP contribution in [0.1, 0.15) is 47.2 Å². The Hall–Kier alpha value is -0.260. The Bertz CT molecular complexity index is 332. The number of anilines is 1. The fourth-order valence-corrected chi connectivity index (χ4v) is 2.55. The van der Waals surface area contributed by atoms with Crippen molar-refractivity contribution in [2.75, 3.05) is 5.73 Å². The summed E-state index contributed by atoms with van der Waals surface area (Å²) in [7, 11) is 0. The van der Waals surface area contributed by atoms with Crippen molar-refractivity contribution < 1.29 is 0 Å². The highest BCUT2D eigenvalue weighted by molar-refractivity contribution is 14.1. The number of nitrogens with two attached hydrogens (primary N) is 1. The third kappa shape index (κ3) is 2.46. The van der Waals surface area contributed by atoms with Crippen LogP contribution < -0.4 is 5.73 Å². The van der Waals surface area contributed by atoms with Gasteiger partial charge >= 0.3 is 0 Å². The number of rotatable bonds is 0. The molecular formula is C11H20IN3. The maximum absolute atomic E-state index is 6.08. The van der Waals surface area contributed by atoms with E-state index in [1.165, 1.54) is 0 Å². The van der Waals surface area contributed by atoms with Gasteiger partial charge in [0, 0.05) is 5.41 Å². The first kappa shape index (κ1) is 12.8. The summed E-state index contributed by atoms with van der Waals surface area (Å²) < 4.78 is 2.99. The summed E-state index contributed by atoms with van der Waals surface area (Å²) in [5, 5.41) is 4.64. The molecule has 0 fully saturated rings. The van der Waals surface area contributed by atoms with E-state index in [4.69, 9.17) is 5.73 Å². The van der Waals surface area contributed by atoms with Gasteiger partial charge in [-0.25, -0.2) is 4.68 Å². The lowest BCUT2D eigenvalue weighted by Crippen LogP contribution is -2.25. The molecule has 0 unspecified atom stereocenters. The molecule has 0 spiro atoms. The Morgan fingerprint density at radius 1 is 1.13 bits per heavy atom. The fraction of sp³-hybridized carbons (Fsp3) is 0.727. The van der Waals surface area contributed by atoms with E-state index in [9.17, 15) is 0 Å². The molecule has 0 aliphatic heterocycles. The third-order valence-electron chi connectivity index (χ3n) is 2.21. The molecule has 1 aromatic rings. The molecule has 0 bridgehead atoms. The second-order valence-corrected chi connectivity index (χ2v) is 6.96. The van der Waals surface area contributed by atoms with Crippen molar-refractivity contribution in [1.29, 1.82) is 0 Å². The largest absolute Gasteiger partial charge is 0.383 e. The lowest BCUT2D eigenvalue weighted by atomic mass is 9.92. The summed E-state index contributed by atoms with van der Waals surface area (Å²) in [5.41, 5.74) is 7.14. The highest BCUT2D eigenvalue weighted by Crippen LogP contribution is 2.32. The minimum Gasteiger partial charge on any atom is -0.383 e. The van der Waals surface area contributed by atoms with Crippen LogP contribution in [0.25, 0.3) is 0 Å². The van der Waals surface area contributed by atoms with Crippen LogP contribution in [0.4, 0.5) is 5.82 Å². The molecule has 2 N–H and O–H groups in total. The minimum absolute atomic E-state index is 0.0428. The number of hydrogen-bond acceptors (Lipinski definition) is 2. The van der Waals surface area contributed by atoms with Crippen LogP contribution in [0.15, 0.2) is 0 Å². The van der Waals surface area contributed by atoms with Crippen molar-refractivity contribution in [3.8, 4) is 0 Å². The van der Waals surface area contributed by atoms with Gasteiger partial charge in [0.1, 0.15) is 5.82 Å². The first-order valence-corrected chi connectivity index (χ1v) is 6.18. The summed E-state index contributed by atoms with van der Waals surface area (Å²) >= 11 is 2.28. The molecular weight excluding hydrogens is 301 g/mol. The number of nitrogen functional groups attached to an aromatic ring is 1. The topological polar surface area (TPSA) is 43.8 Å². The third-order valence-corrected chi connectivity index (χ3v) is 3.27. The van der Waals surface area contributed by atoms with E-state index in [0.717, 1.165) is 15.1 Å². The van der Waals surface area contributed by atoms with Gasteiger partial charge in [-0.15, -0.1) is 0 Å². The monoisotopic (exact) mass is 321 g/mol. The van der Waals surface area contributed by atoms with Gasteiger partial charge < -0.3 is 5.73 Å². The predicted molar refractivity (Wildman–Crippen MR) is 73.1 cm³/mol. The molecule has 86 valence electrons. The maximum atomic E-state index is 6.08. The predicted octanol–water partition coefficient (Wildman–Crippen LogP) is 3.12. The van der Waals surface area contributed by atoms with Gasteiger partial charge in [-0.2, -0.15) is 5.10 Å². The zero-order valence-electron chi connectivity index (χ0n) is 10.3. The minimum atomic E-state index is -0.0620. The van der Waals surface area contributed by atoms with E-state index in [2.05, 4.69) is 69.2 Å². The van der Waals surface area contributed by atoms with E-state index in [0.29, 0.717) is 0 Å². The molecule has 0 atom stereocenters. The summed E-state index contributed by atoms with van der Waals surface area (Å²) in [6.07, 6.45) is 0. The van der Waals surface area contributed by atoms with Crippen molar-refractivity contribution in [2.45, 2.75) is 52.5 Å². The van der Waals surface area contributed by atoms with E-state index >= 15 is 0 Å². The van der Waals surface area contributed by atoms with Crippen molar-refractivity contribution in [3.05, 3.63) is 9.26 Å². The molecule has 0 amide bonds. The number of halogens is 1. The van der Waals surface area contributed by atoms with Gasteiger partial charge in [0.25, 0.3) is 0 Å². The molecule has 1 aromatic heterocycles. The smallest absolute Gasteiger partial charge is 0.136 e. The van der Waals surface area contributed by atoms with Gasteiger partial charge in [0.05, 0.1) is 14.8 Å². The highest BCUT2D eigenvalue weighted by Gasteiger charge is 2.27. The van der Waals surface area contributed by atoms with Gasteiger partial charge in [-0.3, -0.25) is 0 Å². The van der Waals surface area contributed by atoms with Gasteiger partial charge in [0.2, 0.25) is 0 Å². The van der Waals surface area contributed by atoms with Gasteiger partial charge in [-0.05, 0) is 43.4 Å². The molecule has 0 aliphatic rings. The van der Waals surface area contributed by atoms with Crippen LogP contribution in [0.2, 0.25) is 0 Å². The van der Waals surface area contributed by atoms with Crippen LogP contribution in [0.3, 0.4) is 0 Å².